The Labute approximate surface area is 113 Å². The van der Waals surface area contributed by atoms with Crippen LogP contribution in [-0.2, 0) is 11.2 Å². The summed E-state index contributed by atoms with van der Waals surface area (Å²) in [5.41, 5.74) is 6.64. The average Bonchev–Trinajstić information content (AvgIpc) is 2.41. The lowest BCUT2D eigenvalue weighted by molar-refractivity contribution is -0.135. The largest absolute Gasteiger partial charge is 0.338 e. The molecule has 19 heavy (non-hydrogen) atoms. The van der Waals surface area contributed by atoms with Gasteiger partial charge in [-0.25, -0.2) is 4.39 Å². The lowest BCUT2D eigenvalue weighted by Gasteiger charge is -2.39. The van der Waals surface area contributed by atoms with E-state index in [1.807, 2.05) is 4.90 Å². The number of rotatable bonds is 3. The molecular formula is C15H21FN2O. The van der Waals surface area contributed by atoms with Gasteiger partial charge in [0.15, 0.2) is 0 Å². The van der Waals surface area contributed by atoms with Gasteiger partial charge in [-0.3, -0.25) is 4.79 Å². The molecule has 0 saturated carbocycles. The molecule has 1 aliphatic rings. The van der Waals surface area contributed by atoms with Gasteiger partial charge in [0.25, 0.3) is 0 Å². The van der Waals surface area contributed by atoms with Gasteiger partial charge in [0, 0.05) is 19.1 Å². The van der Waals surface area contributed by atoms with E-state index in [0.29, 0.717) is 18.9 Å². The topological polar surface area (TPSA) is 46.3 Å². The third kappa shape index (κ3) is 3.32. The summed E-state index contributed by atoms with van der Waals surface area (Å²) in [5, 5.41) is 0. The van der Waals surface area contributed by atoms with Crippen molar-refractivity contribution in [2.24, 2.45) is 11.7 Å². The summed E-state index contributed by atoms with van der Waals surface area (Å²) in [6.07, 6.45) is 2.48. The molecule has 1 fully saturated rings. The zero-order chi connectivity index (χ0) is 13.8. The fraction of sp³-hybridized carbons (Fsp3) is 0.533. The van der Waals surface area contributed by atoms with Crippen LogP contribution in [0, 0.1) is 11.7 Å². The predicted octanol–water partition coefficient (Wildman–Crippen LogP) is 1.95. The average molecular weight is 264 g/mol. The van der Waals surface area contributed by atoms with Crippen molar-refractivity contribution < 1.29 is 9.18 Å². The quantitative estimate of drug-likeness (QED) is 0.907. The molecule has 0 unspecified atom stereocenters. The Morgan fingerprint density at radius 2 is 2.11 bits per heavy atom. The van der Waals surface area contributed by atoms with E-state index >= 15 is 0 Å². The van der Waals surface area contributed by atoms with Gasteiger partial charge in [-0.15, -0.1) is 0 Å². The second-order valence-corrected chi connectivity index (χ2v) is 5.31. The lowest BCUT2D eigenvalue weighted by atomic mass is 9.90. The minimum absolute atomic E-state index is 0.0913. The Bertz CT molecular complexity index is 432. The van der Waals surface area contributed by atoms with E-state index in [0.717, 1.165) is 24.9 Å². The fourth-order valence-electron chi connectivity index (χ4n) is 2.80. The van der Waals surface area contributed by atoms with E-state index in [1.165, 1.54) is 12.1 Å². The van der Waals surface area contributed by atoms with Crippen molar-refractivity contribution in [2.45, 2.75) is 32.2 Å². The van der Waals surface area contributed by atoms with E-state index < -0.39 is 0 Å². The molecule has 1 aromatic rings. The molecule has 1 heterocycles. The number of halogens is 1. The predicted molar refractivity (Wildman–Crippen MR) is 73.1 cm³/mol. The number of amides is 1. The number of hydrogen-bond acceptors (Lipinski definition) is 2. The smallest absolute Gasteiger partial charge is 0.227 e. The normalized spacial score (nSPS) is 23.4. The molecule has 0 radical (unpaired) electrons. The lowest BCUT2D eigenvalue weighted by Crippen LogP contribution is -2.51. The van der Waals surface area contributed by atoms with Crippen molar-refractivity contribution in [3.8, 4) is 0 Å². The van der Waals surface area contributed by atoms with Crippen LogP contribution in [0.5, 0.6) is 0 Å². The molecular weight excluding hydrogens is 243 g/mol. The standard InChI is InChI=1S/C15H21FN2O/c1-11-3-2-8-18(14(11)10-17)15(19)9-12-4-6-13(16)7-5-12/h4-7,11,14H,2-3,8-10,17H2,1H3/t11-,14-/m0/s1. The third-order valence-electron chi connectivity index (χ3n) is 3.95. The van der Waals surface area contributed by atoms with E-state index in [1.54, 1.807) is 12.1 Å². The molecule has 0 bridgehead atoms. The van der Waals surface area contributed by atoms with Crippen LogP contribution in [0.2, 0.25) is 0 Å². The first-order valence-electron chi connectivity index (χ1n) is 6.86. The highest BCUT2D eigenvalue weighted by Crippen LogP contribution is 2.23. The van der Waals surface area contributed by atoms with Gasteiger partial charge in [-0.2, -0.15) is 0 Å². The minimum Gasteiger partial charge on any atom is -0.338 e. The monoisotopic (exact) mass is 264 g/mol. The zero-order valence-corrected chi connectivity index (χ0v) is 11.3. The molecule has 1 aromatic carbocycles. The molecule has 4 heteroatoms. The number of hydrogen-bond donors (Lipinski definition) is 1. The van der Waals surface area contributed by atoms with Gasteiger partial charge in [0.2, 0.25) is 5.91 Å². The Hall–Kier alpha value is -1.42. The number of carbonyl (C=O) groups is 1. The number of piperidine rings is 1. The van der Waals surface area contributed by atoms with Crippen molar-refractivity contribution in [3.63, 3.8) is 0 Å². The summed E-state index contributed by atoms with van der Waals surface area (Å²) >= 11 is 0. The maximum absolute atomic E-state index is 12.8. The number of carbonyl (C=O) groups excluding carboxylic acids is 1. The van der Waals surface area contributed by atoms with Gasteiger partial charge < -0.3 is 10.6 Å². The highest BCUT2D eigenvalue weighted by Gasteiger charge is 2.30. The molecule has 1 amide bonds. The number of nitrogens with zero attached hydrogens (tertiary/aromatic N) is 1. The maximum Gasteiger partial charge on any atom is 0.227 e. The SMILES string of the molecule is C[C@H]1CCCN(C(=O)Cc2ccc(F)cc2)[C@H]1CN. The van der Waals surface area contributed by atoms with Crippen molar-refractivity contribution >= 4 is 5.91 Å². The summed E-state index contributed by atoms with van der Waals surface area (Å²) in [4.78, 5) is 14.2. The highest BCUT2D eigenvalue weighted by molar-refractivity contribution is 5.79. The minimum atomic E-state index is -0.275. The molecule has 2 atom stereocenters. The molecule has 104 valence electrons. The van der Waals surface area contributed by atoms with Crippen LogP contribution in [0.4, 0.5) is 4.39 Å². The number of benzene rings is 1. The summed E-state index contributed by atoms with van der Waals surface area (Å²) in [5.74, 6) is 0.271. The fourth-order valence-corrected chi connectivity index (χ4v) is 2.80. The molecule has 1 saturated heterocycles. The Kier molecular flexibility index (Phi) is 4.53. The molecule has 0 spiro atoms. The van der Waals surface area contributed by atoms with Crippen LogP contribution in [0.15, 0.2) is 24.3 Å². The van der Waals surface area contributed by atoms with Crippen LogP contribution in [0.25, 0.3) is 0 Å². The summed E-state index contributed by atoms with van der Waals surface area (Å²) in [7, 11) is 0. The third-order valence-corrected chi connectivity index (χ3v) is 3.95. The van der Waals surface area contributed by atoms with E-state index in [9.17, 15) is 9.18 Å². The van der Waals surface area contributed by atoms with Gasteiger partial charge in [-0.1, -0.05) is 19.1 Å². The van der Waals surface area contributed by atoms with Gasteiger partial charge in [0.1, 0.15) is 5.82 Å². The van der Waals surface area contributed by atoms with Gasteiger partial charge >= 0.3 is 0 Å². The van der Waals surface area contributed by atoms with Crippen molar-refractivity contribution in [3.05, 3.63) is 35.6 Å². The molecule has 2 N–H and O–H groups in total. The van der Waals surface area contributed by atoms with E-state index in [2.05, 4.69) is 6.92 Å². The van der Waals surface area contributed by atoms with Crippen LogP contribution in [0.1, 0.15) is 25.3 Å². The van der Waals surface area contributed by atoms with E-state index in [-0.39, 0.29) is 17.8 Å². The van der Waals surface area contributed by atoms with Gasteiger partial charge in [0.05, 0.1) is 6.42 Å². The van der Waals surface area contributed by atoms with Crippen LogP contribution in [-0.4, -0.2) is 29.9 Å². The number of nitrogens with two attached hydrogens (primary N) is 1. The van der Waals surface area contributed by atoms with Crippen LogP contribution in [0.3, 0.4) is 0 Å². The Balaban J connectivity index is 2.04. The Morgan fingerprint density at radius 3 is 2.74 bits per heavy atom. The summed E-state index contributed by atoms with van der Waals surface area (Å²) in [6.45, 7) is 3.44. The van der Waals surface area contributed by atoms with Crippen LogP contribution >= 0.6 is 0 Å². The molecule has 0 aliphatic carbocycles. The summed E-state index contributed by atoms with van der Waals surface area (Å²) < 4.78 is 12.8. The summed E-state index contributed by atoms with van der Waals surface area (Å²) in [6, 6.07) is 6.25. The first-order chi connectivity index (χ1) is 9.11. The Morgan fingerprint density at radius 1 is 1.42 bits per heavy atom. The first-order valence-corrected chi connectivity index (χ1v) is 6.86. The molecule has 0 aromatic heterocycles. The highest BCUT2D eigenvalue weighted by atomic mass is 19.1. The zero-order valence-electron chi connectivity index (χ0n) is 11.3. The van der Waals surface area contributed by atoms with E-state index in [4.69, 9.17) is 5.73 Å². The molecule has 2 rings (SSSR count). The van der Waals surface area contributed by atoms with Crippen molar-refractivity contribution in [1.82, 2.24) is 4.90 Å². The molecule has 1 aliphatic heterocycles. The van der Waals surface area contributed by atoms with Crippen molar-refractivity contribution in [1.29, 1.82) is 0 Å². The second-order valence-electron chi connectivity index (χ2n) is 5.31. The number of likely N-dealkylation sites (tertiary alicyclic amines) is 1. The van der Waals surface area contributed by atoms with Gasteiger partial charge in [-0.05, 0) is 36.5 Å². The first kappa shape index (κ1) is 14.0. The van der Waals surface area contributed by atoms with Crippen molar-refractivity contribution in [2.75, 3.05) is 13.1 Å². The van der Waals surface area contributed by atoms with Crippen LogP contribution < -0.4 is 5.73 Å². The second kappa shape index (κ2) is 6.15. The molecule has 3 nitrogen and oxygen atoms in total. The maximum atomic E-state index is 12.8.